The van der Waals surface area contributed by atoms with Crippen LogP contribution in [0.4, 0.5) is 5.82 Å². The minimum Gasteiger partial charge on any atom is -0.505 e. The summed E-state index contributed by atoms with van der Waals surface area (Å²) in [6, 6.07) is 1.56. The maximum absolute atomic E-state index is 9.06. The van der Waals surface area contributed by atoms with E-state index in [1.54, 1.807) is 13.0 Å². The van der Waals surface area contributed by atoms with Gasteiger partial charge in [-0.2, -0.15) is 0 Å². The molecule has 0 atom stereocenters. The van der Waals surface area contributed by atoms with Gasteiger partial charge in [-0.15, -0.1) is 0 Å². The van der Waals surface area contributed by atoms with E-state index < -0.39 is 0 Å². The molecular formula is C6H7BrN2O. The number of aromatic hydroxyl groups is 1. The topological polar surface area (TPSA) is 59.1 Å². The first-order valence-corrected chi connectivity index (χ1v) is 3.52. The molecule has 0 saturated heterocycles. The highest BCUT2D eigenvalue weighted by molar-refractivity contribution is 9.10. The van der Waals surface area contributed by atoms with Gasteiger partial charge in [0.1, 0.15) is 16.2 Å². The zero-order valence-electron chi connectivity index (χ0n) is 5.43. The quantitative estimate of drug-likeness (QED) is 0.627. The molecule has 0 aliphatic rings. The van der Waals surface area contributed by atoms with Gasteiger partial charge in [-0.1, -0.05) is 0 Å². The van der Waals surface area contributed by atoms with Crippen LogP contribution in [-0.4, -0.2) is 10.1 Å². The second kappa shape index (κ2) is 2.46. The maximum Gasteiger partial charge on any atom is 0.150 e. The molecule has 0 aliphatic carbocycles. The van der Waals surface area contributed by atoms with E-state index in [0.29, 0.717) is 10.4 Å². The average Bonchev–Trinajstić information content (AvgIpc) is 1.84. The van der Waals surface area contributed by atoms with Crippen molar-refractivity contribution >= 4 is 21.7 Å². The fourth-order valence-electron chi connectivity index (χ4n) is 0.590. The van der Waals surface area contributed by atoms with Crippen molar-refractivity contribution in [3.63, 3.8) is 0 Å². The highest BCUT2D eigenvalue weighted by atomic mass is 79.9. The predicted molar refractivity (Wildman–Crippen MR) is 42.8 cm³/mol. The number of anilines is 1. The standard InChI is InChI=1S/C6H7BrN2O/c1-3-2-4(10)5(7)9-6(3)8/h2,10H,1H3,(H2,8,9). The minimum atomic E-state index is 0.117. The number of aryl methyl sites for hydroxylation is 1. The van der Waals surface area contributed by atoms with Gasteiger partial charge in [-0.25, -0.2) is 4.98 Å². The lowest BCUT2D eigenvalue weighted by atomic mass is 10.3. The van der Waals surface area contributed by atoms with Gasteiger partial charge in [0.2, 0.25) is 0 Å². The smallest absolute Gasteiger partial charge is 0.150 e. The third-order valence-electron chi connectivity index (χ3n) is 1.19. The average molecular weight is 203 g/mol. The van der Waals surface area contributed by atoms with Gasteiger partial charge in [0.05, 0.1) is 0 Å². The van der Waals surface area contributed by atoms with Crippen LogP contribution in [0.5, 0.6) is 5.75 Å². The Morgan fingerprint density at radius 2 is 2.30 bits per heavy atom. The van der Waals surface area contributed by atoms with E-state index in [-0.39, 0.29) is 5.75 Å². The molecule has 0 bridgehead atoms. The fraction of sp³-hybridized carbons (Fsp3) is 0.167. The summed E-state index contributed by atoms with van der Waals surface area (Å²) in [5, 5.41) is 9.06. The Labute approximate surface area is 67.0 Å². The molecule has 0 amide bonds. The normalized spacial score (nSPS) is 9.80. The number of halogens is 1. The van der Waals surface area contributed by atoms with E-state index >= 15 is 0 Å². The number of nitrogen functional groups attached to an aromatic ring is 1. The largest absolute Gasteiger partial charge is 0.505 e. The number of hydrogen-bond donors (Lipinski definition) is 2. The summed E-state index contributed by atoms with van der Waals surface area (Å²) in [5.41, 5.74) is 6.22. The van der Waals surface area contributed by atoms with E-state index in [4.69, 9.17) is 10.8 Å². The van der Waals surface area contributed by atoms with Crippen molar-refractivity contribution in [3.05, 3.63) is 16.2 Å². The predicted octanol–water partition coefficient (Wildman–Crippen LogP) is 1.44. The van der Waals surface area contributed by atoms with Crippen LogP contribution in [-0.2, 0) is 0 Å². The fourth-order valence-corrected chi connectivity index (χ4v) is 0.895. The molecular weight excluding hydrogens is 196 g/mol. The van der Waals surface area contributed by atoms with Gasteiger partial charge in [0, 0.05) is 0 Å². The molecule has 1 heterocycles. The maximum atomic E-state index is 9.06. The van der Waals surface area contributed by atoms with Crippen molar-refractivity contribution < 1.29 is 5.11 Å². The number of rotatable bonds is 0. The van der Waals surface area contributed by atoms with Crippen LogP contribution in [0.2, 0.25) is 0 Å². The monoisotopic (exact) mass is 202 g/mol. The zero-order chi connectivity index (χ0) is 7.72. The number of aromatic nitrogens is 1. The summed E-state index contributed by atoms with van der Waals surface area (Å²) >= 11 is 3.04. The lowest BCUT2D eigenvalue weighted by Gasteiger charge is -2.00. The number of pyridine rings is 1. The Bertz CT molecular complexity index is 212. The lowest BCUT2D eigenvalue weighted by molar-refractivity contribution is 0.468. The Morgan fingerprint density at radius 3 is 2.80 bits per heavy atom. The molecule has 1 aromatic rings. The first kappa shape index (κ1) is 7.34. The Hall–Kier alpha value is -0.770. The minimum absolute atomic E-state index is 0.117. The highest BCUT2D eigenvalue weighted by Crippen LogP contribution is 2.24. The molecule has 0 aromatic carbocycles. The number of nitrogens with two attached hydrogens (primary N) is 1. The van der Waals surface area contributed by atoms with E-state index in [0.717, 1.165) is 5.56 Å². The SMILES string of the molecule is Cc1cc(O)c(Br)nc1N. The van der Waals surface area contributed by atoms with E-state index in [9.17, 15) is 0 Å². The zero-order valence-corrected chi connectivity index (χ0v) is 7.01. The van der Waals surface area contributed by atoms with Gasteiger partial charge < -0.3 is 10.8 Å². The molecule has 54 valence electrons. The summed E-state index contributed by atoms with van der Waals surface area (Å²) in [6.45, 7) is 1.79. The van der Waals surface area contributed by atoms with Crippen molar-refractivity contribution in [2.45, 2.75) is 6.92 Å². The van der Waals surface area contributed by atoms with Gasteiger partial charge in [-0.05, 0) is 34.5 Å². The van der Waals surface area contributed by atoms with Crippen LogP contribution in [0.1, 0.15) is 5.56 Å². The first-order chi connectivity index (χ1) is 4.61. The highest BCUT2D eigenvalue weighted by Gasteiger charge is 2.01. The second-order valence-electron chi connectivity index (χ2n) is 2.00. The molecule has 4 heteroatoms. The van der Waals surface area contributed by atoms with Gasteiger partial charge in [0.25, 0.3) is 0 Å². The summed E-state index contributed by atoms with van der Waals surface area (Å²) in [7, 11) is 0. The van der Waals surface area contributed by atoms with Crippen molar-refractivity contribution in [1.82, 2.24) is 4.98 Å². The molecule has 3 N–H and O–H groups in total. The van der Waals surface area contributed by atoms with Crippen LogP contribution in [0.3, 0.4) is 0 Å². The lowest BCUT2D eigenvalue weighted by Crippen LogP contribution is -1.93. The molecule has 0 aliphatic heterocycles. The third-order valence-corrected chi connectivity index (χ3v) is 1.77. The molecule has 10 heavy (non-hydrogen) atoms. The van der Waals surface area contributed by atoms with Crippen molar-refractivity contribution in [1.29, 1.82) is 0 Å². The van der Waals surface area contributed by atoms with Crippen LogP contribution >= 0.6 is 15.9 Å². The van der Waals surface area contributed by atoms with Crippen LogP contribution < -0.4 is 5.73 Å². The molecule has 1 aromatic heterocycles. The van der Waals surface area contributed by atoms with Gasteiger partial charge in [0.15, 0.2) is 0 Å². The van der Waals surface area contributed by atoms with Crippen molar-refractivity contribution in [3.8, 4) is 5.75 Å². The Balaban J connectivity index is 3.28. The summed E-state index contributed by atoms with van der Waals surface area (Å²) in [4.78, 5) is 3.82. The molecule has 3 nitrogen and oxygen atoms in total. The van der Waals surface area contributed by atoms with Crippen LogP contribution in [0.25, 0.3) is 0 Å². The molecule has 0 unspecified atom stereocenters. The molecule has 0 radical (unpaired) electrons. The van der Waals surface area contributed by atoms with E-state index in [2.05, 4.69) is 20.9 Å². The van der Waals surface area contributed by atoms with Gasteiger partial charge >= 0.3 is 0 Å². The van der Waals surface area contributed by atoms with Crippen LogP contribution in [0, 0.1) is 6.92 Å². The van der Waals surface area contributed by atoms with Crippen molar-refractivity contribution in [2.75, 3.05) is 5.73 Å². The third kappa shape index (κ3) is 1.21. The van der Waals surface area contributed by atoms with E-state index in [1.807, 2.05) is 0 Å². The summed E-state index contributed by atoms with van der Waals surface area (Å²) < 4.78 is 0.385. The molecule has 0 fully saturated rings. The Morgan fingerprint density at radius 1 is 1.70 bits per heavy atom. The first-order valence-electron chi connectivity index (χ1n) is 2.73. The van der Waals surface area contributed by atoms with Crippen molar-refractivity contribution in [2.24, 2.45) is 0 Å². The number of nitrogens with zero attached hydrogens (tertiary/aromatic N) is 1. The molecule has 1 rings (SSSR count). The summed E-state index contributed by atoms with van der Waals surface area (Å²) in [5.74, 6) is 0.552. The number of hydrogen-bond acceptors (Lipinski definition) is 3. The second-order valence-corrected chi connectivity index (χ2v) is 2.75. The van der Waals surface area contributed by atoms with Gasteiger partial charge in [-0.3, -0.25) is 0 Å². The Kier molecular flexibility index (Phi) is 1.80. The van der Waals surface area contributed by atoms with E-state index in [1.165, 1.54) is 0 Å². The summed E-state index contributed by atoms with van der Waals surface area (Å²) in [6.07, 6.45) is 0. The van der Waals surface area contributed by atoms with Crippen LogP contribution in [0.15, 0.2) is 10.7 Å². The molecule has 0 spiro atoms. The molecule has 0 saturated carbocycles.